The van der Waals surface area contributed by atoms with Crippen molar-refractivity contribution in [2.45, 2.75) is 64.8 Å². The maximum atomic E-state index is 12.0. The summed E-state index contributed by atoms with van der Waals surface area (Å²) in [5, 5.41) is 7.26. The highest BCUT2D eigenvalue weighted by atomic mass is 32.1. The molecule has 28 heavy (non-hydrogen) atoms. The average molecular weight is 403 g/mol. The molecule has 2 saturated heterocycles. The molecule has 0 radical (unpaired) electrons. The summed E-state index contributed by atoms with van der Waals surface area (Å²) in [4.78, 5) is 16.5. The third kappa shape index (κ3) is 5.45. The van der Waals surface area contributed by atoms with Crippen LogP contribution in [0.2, 0.25) is 0 Å². The number of carbonyl (C=O) groups excluding carboxylic acids is 1. The summed E-state index contributed by atoms with van der Waals surface area (Å²) >= 11 is 5.45. The van der Waals surface area contributed by atoms with Crippen molar-refractivity contribution >= 4 is 34.6 Å². The fraction of sp³-hybridized carbons (Fsp3) is 0.636. The number of nitrogens with one attached hydrogen (secondary N) is 2. The molecule has 1 unspecified atom stereocenters. The van der Waals surface area contributed by atoms with E-state index in [1.807, 2.05) is 24.0 Å². The normalized spacial score (nSPS) is 20.4. The Morgan fingerprint density at radius 2 is 2.11 bits per heavy atom. The monoisotopic (exact) mass is 402 g/mol. The van der Waals surface area contributed by atoms with Crippen molar-refractivity contribution in [3.63, 3.8) is 0 Å². The van der Waals surface area contributed by atoms with Gasteiger partial charge >= 0.3 is 0 Å². The molecule has 2 heterocycles. The molecule has 0 bridgehead atoms. The zero-order valence-corrected chi connectivity index (χ0v) is 18.1. The molecule has 1 amide bonds. The number of nitrogens with zero attached hydrogens (tertiary/aromatic N) is 2. The van der Waals surface area contributed by atoms with Crippen molar-refractivity contribution in [2.75, 3.05) is 36.4 Å². The van der Waals surface area contributed by atoms with E-state index in [-0.39, 0.29) is 5.91 Å². The van der Waals surface area contributed by atoms with Crippen molar-refractivity contribution in [2.24, 2.45) is 0 Å². The molecule has 1 aromatic rings. The Morgan fingerprint density at radius 3 is 2.82 bits per heavy atom. The number of thiocarbonyl (C=S) groups is 1. The van der Waals surface area contributed by atoms with E-state index < -0.39 is 0 Å². The lowest BCUT2D eigenvalue weighted by Crippen LogP contribution is -2.40. The number of piperidine rings is 1. The van der Waals surface area contributed by atoms with E-state index in [2.05, 4.69) is 28.5 Å². The lowest BCUT2D eigenvalue weighted by atomic mass is 10.00. The Hall–Kier alpha value is -1.66. The molecule has 1 atom stereocenters. The van der Waals surface area contributed by atoms with E-state index in [1.54, 1.807) is 0 Å². The van der Waals surface area contributed by atoms with Gasteiger partial charge in [0.05, 0.1) is 0 Å². The van der Waals surface area contributed by atoms with E-state index in [1.165, 1.54) is 32.2 Å². The first-order chi connectivity index (χ1) is 13.6. The van der Waals surface area contributed by atoms with Crippen LogP contribution in [0.3, 0.4) is 0 Å². The van der Waals surface area contributed by atoms with Gasteiger partial charge in [0.25, 0.3) is 0 Å². The molecule has 5 nitrogen and oxygen atoms in total. The molecule has 0 spiro atoms. The quantitative estimate of drug-likeness (QED) is 0.532. The summed E-state index contributed by atoms with van der Waals surface area (Å²) in [6.07, 6.45) is 8.03. The largest absolute Gasteiger partial charge is 0.362 e. The third-order valence-electron chi connectivity index (χ3n) is 5.95. The van der Waals surface area contributed by atoms with Gasteiger partial charge in [-0.15, -0.1) is 0 Å². The molecule has 0 aromatic heterocycles. The number of hydrogen-bond acceptors (Lipinski definition) is 3. The summed E-state index contributed by atoms with van der Waals surface area (Å²) in [6, 6.07) is 6.85. The first-order valence-corrected chi connectivity index (χ1v) is 11.2. The van der Waals surface area contributed by atoms with E-state index in [4.69, 9.17) is 12.2 Å². The summed E-state index contributed by atoms with van der Waals surface area (Å²) < 4.78 is 0. The van der Waals surface area contributed by atoms with Crippen LogP contribution in [0.15, 0.2) is 18.2 Å². The molecule has 0 aliphatic carbocycles. The molecule has 2 aliphatic heterocycles. The minimum atomic E-state index is 0.222. The maximum absolute atomic E-state index is 12.0. The minimum absolute atomic E-state index is 0.222. The topological polar surface area (TPSA) is 47.6 Å². The van der Waals surface area contributed by atoms with Gasteiger partial charge < -0.3 is 20.4 Å². The van der Waals surface area contributed by atoms with Crippen LogP contribution in [0.25, 0.3) is 0 Å². The predicted octanol–water partition coefficient (Wildman–Crippen LogP) is 4.06. The smallest absolute Gasteiger partial charge is 0.227 e. The van der Waals surface area contributed by atoms with Crippen molar-refractivity contribution in [1.29, 1.82) is 0 Å². The SMILES string of the molecule is CCC1CCCCN1CCCNC(=S)Nc1ccc(N2CCCC2=O)c(C)c1. The summed E-state index contributed by atoms with van der Waals surface area (Å²) in [5.74, 6) is 0.222. The first-order valence-electron chi connectivity index (χ1n) is 10.8. The lowest BCUT2D eigenvalue weighted by Gasteiger charge is -2.35. The van der Waals surface area contributed by atoms with E-state index in [9.17, 15) is 4.79 Å². The Labute approximate surface area is 174 Å². The van der Waals surface area contributed by atoms with Crippen molar-refractivity contribution in [3.8, 4) is 0 Å². The van der Waals surface area contributed by atoms with Crippen molar-refractivity contribution < 1.29 is 4.79 Å². The van der Waals surface area contributed by atoms with Gasteiger partial charge in [-0.2, -0.15) is 0 Å². The zero-order valence-electron chi connectivity index (χ0n) is 17.3. The number of hydrogen-bond donors (Lipinski definition) is 2. The first kappa shape index (κ1) is 21.1. The molecule has 1 aromatic carbocycles. The van der Waals surface area contributed by atoms with Crippen LogP contribution in [0.4, 0.5) is 11.4 Å². The standard InChI is InChI=1S/C22H34N4OS/c1-3-19-8-4-5-13-25(19)14-7-12-23-22(28)24-18-10-11-20(17(2)16-18)26-15-6-9-21(26)27/h10-11,16,19H,3-9,12-15H2,1-2H3,(H2,23,24,28). The number of anilines is 2. The van der Waals surface area contributed by atoms with Crippen molar-refractivity contribution in [1.82, 2.24) is 10.2 Å². The lowest BCUT2D eigenvalue weighted by molar-refractivity contribution is -0.117. The second kappa shape index (κ2) is 10.2. The van der Waals surface area contributed by atoms with Crippen LogP contribution in [0.1, 0.15) is 57.4 Å². The molecule has 6 heteroatoms. The van der Waals surface area contributed by atoms with Gasteiger partial charge in [0.2, 0.25) is 5.91 Å². The molecule has 2 fully saturated rings. The summed E-state index contributed by atoms with van der Waals surface area (Å²) in [7, 11) is 0. The average Bonchev–Trinajstić information content (AvgIpc) is 3.11. The van der Waals surface area contributed by atoms with E-state index >= 15 is 0 Å². The Balaban J connectivity index is 1.42. The van der Waals surface area contributed by atoms with Crippen LogP contribution >= 0.6 is 12.2 Å². The molecule has 2 aliphatic rings. The van der Waals surface area contributed by atoms with Gasteiger partial charge in [-0.05, 0) is 81.6 Å². The summed E-state index contributed by atoms with van der Waals surface area (Å²) in [5.41, 5.74) is 3.07. The van der Waals surface area contributed by atoms with E-state index in [0.717, 1.165) is 55.5 Å². The number of likely N-dealkylation sites (tertiary alicyclic amines) is 1. The van der Waals surface area contributed by atoms with Gasteiger partial charge in [-0.1, -0.05) is 13.3 Å². The van der Waals surface area contributed by atoms with E-state index in [0.29, 0.717) is 11.5 Å². The number of rotatable bonds is 7. The highest BCUT2D eigenvalue weighted by Crippen LogP contribution is 2.27. The van der Waals surface area contributed by atoms with Crippen LogP contribution in [-0.4, -0.2) is 48.1 Å². The molecule has 154 valence electrons. The van der Waals surface area contributed by atoms with Crippen LogP contribution < -0.4 is 15.5 Å². The van der Waals surface area contributed by atoms with Crippen LogP contribution in [0.5, 0.6) is 0 Å². The number of benzene rings is 1. The Kier molecular flexibility index (Phi) is 7.68. The summed E-state index contributed by atoms with van der Waals surface area (Å²) in [6.45, 7) is 8.44. The fourth-order valence-electron chi connectivity index (χ4n) is 4.41. The molecule has 0 saturated carbocycles. The molecule has 2 N–H and O–H groups in total. The molecule has 3 rings (SSSR count). The third-order valence-corrected chi connectivity index (χ3v) is 6.19. The highest BCUT2D eigenvalue weighted by Gasteiger charge is 2.23. The zero-order chi connectivity index (χ0) is 19.9. The van der Waals surface area contributed by atoms with Crippen molar-refractivity contribution in [3.05, 3.63) is 23.8 Å². The van der Waals surface area contributed by atoms with Gasteiger partial charge in [-0.3, -0.25) is 4.79 Å². The fourth-order valence-corrected chi connectivity index (χ4v) is 4.63. The second-order valence-corrected chi connectivity index (χ2v) is 8.39. The number of aryl methyl sites for hydroxylation is 1. The number of carbonyl (C=O) groups is 1. The van der Waals surface area contributed by atoms with Crippen LogP contribution in [-0.2, 0) is 4.79 Å². The Bertz CT molecular complexity index is 693. The number of amides is 1. The van der Waals surface area contributed by atoms with Gasteiger partial charge in [0, 0.05) is 43.5 Å². The molecular weight excluding hydrogens is 368 g/mol. The van der Waals surface area contributed by atoms with Gasteiger partial charge in [-0.25, -0.2) is 0 Å². The minimum Gasteiger partial charge on any atom is -0.362 e. The molecular formula is C22H34N4OS. The highest BCUT2D eigenvalue weighted by molar-refractivity contribution is 7.80. The van der Waals surface area contributed by atoms with Gasteiger partial charge in [0.15, 0.2) is 5.11 Å². The second-order valence-electron chi connectivity index (χ2n) is 7.98. The maximum Gasteiger partial charge on any atom is 0.227 e. The van der Waals surface area contributed by atoms with Crippen LogP contribution in [0, 0.1) is 6.92 Å². The Morgan fingerprint density at radius 1 is 1.25 bits per heavy atom. The van der Waals surface area contributed by atoms with Gasteiger partial charge in [0.1, 0.15) is 0 Å². The predicted molar refractivity (Wildman–Crippen MR) is 121 cm³/mol.